The Bertz CT molecular complexity index is 88.5. The van der Waals surface area contributed by atoms with Crippen molar-refractivity contribution in [2.45, 2.75) is 6.42 Å². The second-order valence-electron chi connectivity index (χ2n) is 1.29. The van der Waals surface area contributed by atoms with E-state index in [1.54, 1.807) is 0 Å². The van der Waals surface area contributed by atoms with E-state index in [-0.39, 0.29) is 7.84 Å². The van der Waals surface area contributed by atoms with Crippen molar-refractivity contribution in [3.8, 4) is 6.07 Å². The highest BCUT2D eigenvalue weighted by atomic mass is 32.0. The van der Waals surface area contributed by atoms with Gasteiger partial charge in [0.2, 0.25) is 0 Å². The number of nitriles is 1. The molecule has 0 bridgehead atoms. The summed E-state index contributed by atoms with van der Waals surface area (Å²) in [6, 6.07) is 2.00. The highest BCUT2D eigenvalue weighted by Gasteiger charge is 1.89. The summed E-state index contributed by atoms with van der Waals surface area (Å²) in [5, 5.41) is 8.05. The lowest BCUT2D eigenvalue weighted by molar-refractivity contribution is 0.373. The number of nitrogens with zero attached hydrogens (tertiary/aromatic N) is 1. The largest absolute Gasteiger partial charge is 0.354 e. The molecule has 0 radical (unpaired) electrons. The van der Waals surface area contributed by atoms with Gasteiger partial charge in [0.1, 0.15) is 0 Å². The molecule has 0 aromatic heterocycles. The third-order valence-electron chi connectivity index (χ3n) is 0.509. The maximum absolute atomic E-state index is 8.05. The van der Waals surface area contributed by atoms with E-state index in [1.165, 1.54) is 0 Å². The molecule has 0 aromatic carbocycles. The summed E-state index contributed by atoms with van der Waals surface area (Å²) in [6.45, 7) is 2.56. The fourth-order valence-electron chi connectivity index (χ4n) is 0.235. The molecule has 0 amide bonds. The molecule has 46 valence electrons. The van der Waals surface area contributed by atoms with E-state index in [0.29, 0.717) is 13.0 Å². The number of rotatable bonds is 3. The van der Waals surface area contributed by atoms with Gasteiger partial charge in [-0.3, -0.25) is 0 Å². The highest BCUT2D eigenvalue weighted by molar-refractivity contribution is 8.10. The minimum Gasteiger partial charge on any atom is -0.354 e. The first-order valence-electron chi connectivity index (χ1n) is 2.25. The first-order valence-corrected chi connectivity index (χ1v) is 5.58. The lowest BCUT2D eigenvalue weighted by Crippen LogP contribution is -1.81. The monoisotopic (exact) mass is 149 g/mol. The summed E-state index contributed by atoms with van der Waals surface area (Å²) < 4.78 is 5.09. The Kier molecular flexibility index (Phi) is 5.66. The second kappa shape index (κ2) is 5.45. The van der Waals surface area contributed by atoms with Crippen LogP contribution in [0.5, 0.6) is 0 Å². The molecule has 0 heterocycles. The molecule has 0 aliphatic rings. The molecule has 8 heavy (non-hydrogen) atoms. The quantitative estimate of drug-likeness (QED) is 0.452. The summed E-state index contributed by atoms with van der Waals surface area (Å²) >= 11 is 0. The van der Waals surface area contributed by atoms with Crippen LogP contribution in [0.4, 0.5) is 0 Å². The SMILES string of the molecule is CP(P)OCCC#N. The molecule has 2 atom stereocenters. The van der Waals surface area contributed by atoms with E-state index in [0.717, 1.165) is 0 Å². The van der Waals surface area contributed by atoms with E-state index in [4.69, 9.17) is 9.79 Å². The second-order valence-corrected chi connectivity index (χ2v) is 4.82. The summed E-state index contributed by atoms with van der Waals surface area (Å²) in [4.78, 5) is 0. The molecule has 0 N–H and O–H groups in total. The minimum absolute atomic E-state index is 0.347. The van der Waals surface area contributed by atoms with E-state index in [1.807, 2.05) is 12.7 Å². The predicted octanol–water partition coefficient (Wildman–Crippen LogP) is 1.73. The van der Waals surface area contributed by atoms with E-state index >= 15 is 0 Å². The van der Waals surface area contributed by atoms with Gasteiger partial charge in [0.05, 0.1) is 19.1 Å². The van der Waals surface area contributed by atoms with Crippen LogP contribution >= 0.6 is 16.8 Å². The molecule has 0 fully saturated rings. The van der Waals surface area contributed by atoms with Gasteiger partial charge in [-0.05, 0) is 6.66 Å². The molecule has 0 aromatic rings. The van der Waals surface area contributed by atoms with Crippen molar-refractivity contribution in [2.75, 3.05) is 13.3 Å². The first-order chi connectivity index (χ1) is 3.77. The molecule has 2 unspecified atom stereocenters. The number of hydrogen-bond acceptors (Lipinski definition) is 2. The Morgan fingerprint density at radius 2 is 2.50 bits per heavy atom. The van der Waals surface area contributed by atoms with Crippen LogP contribution in [0.2, 0.25) is 0 Å². The van der Waals surface area contributed by atoms with Gasteiger partial charge in [-0.1, -0.05) is 8.93 Å². The Labute approximate surface area is 53.2 Å². The summed E-state index contributed by atoms with van der Waals surface area (Å²) in [5.41, 5.74) is 0. The fraction of sp³-hybridized carbons (Fsp3) is 0.750. The van der Waals surface area contributed by atoms with Crippen LogP contribution < -0.4 is 0 Å². The van der Waals surface area contributed by atoms with E-state index in [9.17, 15) is 0 Å². The van der Waals surface area contributed by atoms with Crippen LogP contribution in [-0.4, -0.2) is 13.3 Å². The molecular formula is C4H9NOP2. The third-order valence-corrected chi connectivity index (χ3v) is 1.55. The Morgan fingerprint density at radius 1 is 1.88 bits per heavy atom. The van der Waals surface area contributed by atoms with Gasteiger partial charge in [0.15, 0.2) is 0 Å². The maximum atomic E-state index is 8.05. The molecule has 0 rings (SSSR count). The Hall–Kier alpha value is 0.310. The summed E-state index contributed by atoms with van der Waals surface area (Å²) in [7, 11) is 2.21. The van der Waals surface area contributed by atoms with Crippen LogP contribution in [0.3, 0.4) is 0 Å². The molecule has 2 nitrogen and oxygen atoms in total. The van der Waals surface area contributed by atoms with Crippen molar-refractivity contribution in [3.05, 3.63) is 0 Å². The fourth-order valence-corrected chi connectivity index (χ4v) is 0.931. The van der Waals surface area contributed by atoms with Crippen molar-refractivity contribution in [1.82, 2.24) is 0 Å². The van der Waals surface area contributed by atoms with Crippen molar-refractivity contribution in [3.63, 3.8) is 0 Å². The van der Waals surface area contributed by atoms with Gasteiger partial charge in [0, 0.05) is 7.84 Å². The average Bonchev–Trinajstić information content (AvgIpc) is 1.66. The Morgan fingerprint density at radius 3 is 2.88 bits per heavy atom. The van der Waals surface area contributed by atoms with Crippen LogP contribution in [-0.2, 0) is 4.52 Å². The Balaban J connectivity index is 2.85. The minimum atomic E-state index is -0.347. The topological polar surface area (TPSA) is 33.0 Å². The van der Waals surface area contributed by atoms with Gasteiger partial charge < -0.3 is 4.52 Å². The highest BCUT2D eigenvalue weighted by Crippen LogP contribution is 2.40. The van der Waals surface area contributed by atoms with Crippen molar-refractivity contribution >= 4 is 16.8 Å². The lowest BCUT2D eigenvalue weighted by Gasteiger charge is -2.01. The molecule has 0 spiro atoms. The van der Waals surface area contributed by atoms with Crippen LogP contribution in [0.15, 0.2) is 0 Å². The average molecular weight is 149 g/mol. The lowest BCUT2D eigenvalue weighted by atomic mass is 10.5. The van der Waals surface area contributed by atoms with Crippen molar-refractivity contribution in [1.29, 1.82) is 5.26 Å². The smallest absolute Gasteiger partial charge is 0.0646 e. The molecule has 0 saturated heterocycles. The van der Waals surface area contributed by atoms with Crippen LogP contribution in [0, 0.1) is 11.3 Å². The molecular weight excluding hydrogens is 140 g/mol. The van der Waals surface area contributed by atoms with Crippen LogP contribution in [0.1, 0.15) is 6.42 Å². The zero-order valence-electron chi connectivity index (χ0n) is 4.79. The van der Waals surface area contributed by atoms with Gasteiger partial charge in [-0.2, -0.15) is 5.26 Å². The van der Waals surface area contributed by atoms with Gasteiger partial charge in [-0.25, -0.2) is 0 Å². The zero-order valence-corrected chi connectivity index (χ0v) is 6.84. The third kappa shape index (κ3) is 6.31. The number of hydrogen-bond donors (Lipinski definition) is 0. The normalized spacial score (nSPS) is 12.6. The van der Waals surface area contributed by atoms with Gasteiger partial charge >= 0.3 is 0 Å². The summed E-state index contributed by atoms with van der Waals surface area (Å²) in [6.07, 6.45) is 0.501. The van der Waals surface area contributed by atoms with Gasteiger partial charge in [-0.15, -0.1) is 0 Å². The standard InChI is InChI=1S/C4H9NOP2/c1-8(7)6-4-2-3-5/h2,4,7H2,1H3. The zero-order chi connectivity index (χ0) is 6.41. The molecule has 0 aliphatic heterocycles. The maximum Gasteiger partial charge on any atom is 0.0646 e. The van der Waals surface area contributed by atoms with Gasteiger partial charge in [0.25, 0.3) is 0 Å². The first kappa shape index (κ1) is 8.31. The van der Waals surface area contributed by atoms with E-state index < -0.39 is 0 Å². The predicted molar refractivity (Wildman–Crippen MR) is 38.7 cm³/mol. The van der Waals surface area contributed by atoms with E-state index in [2.05, 4.69) is 8.93 Å². The van der Waals surface area contributed by atoms with Crippen LogP contribution in [0.25, 0.3) is 0 Å². The molecule has 0 saturated carbocycles. The van der Waals surface area contributed by atoms with Crippen molar-refractivity contribution < 1.29 is 4.52 Å². The summed E-state index contributed by atoms with van der Waals surface area (Å²) in [5.74, 6) is 0. The molecule has 4 heteroatoms. The molecule has 0 aliphatic carbocycles. The van der Waals surface area contributed by atoms with Crippen molar-refractivity contribution in [2.24, 2.45) is 0 Å².